The van der Waals surface area contributed by atoms with E-state index in [1.807, 2.05) is 0 Å². The highest BCUT2D eigenvalue weighted by atomic mass is 16.3. The number of imide groups is 1. The molecular formula is C20H31NO4. The van der Waals surface area contributed by atoms with Crippen LogP contribution in [-0.2, 0) is 9.59 Å². The van der Waals surface area contributed by atoms with Gasteiger partial charge in [-0.2, -0.15) is 0 Å². The molecule has 2 amide bonds. The molecule has 0 aromatic rings. The maximum atomic E-state index is 11.9. The van der Waals surface area contributed by atoms with Crippen molar-refractivity contribution in [2.45, 2.75) is 71.5 Å². The van der Waals surface area contributed by atoms with E-state index in [4.69, 9.17) is 0 Å². The molecule has 0 spiro atoms. The van der Waals surface area contributed by atoms with E-state index in [2.05, 4.69) is 32.7 Å². The number of hydrogen-bond acceptors (Lipinski definition) is 4. The minimum absolute atomic E-state index is 0.0423. The lowest BCUT2D eigenvalue weighted by molar-refractivity contribution is -0.128. The van der Waals surface area contributed by atoms with Crippen molar-refractivity contribution in [2.24, 2.45) is 28.6 Å². The van der Waals surface area contributed by atoms with Crippen molar-refractivity contribution in [1.82, 2.24) is 5.32 Å². The zero-order chi connectivity index (χ0) is 18.6. The summed E-state index contributed by atoms with van der Waals surface area (Å²) in [4.78, 5) is 23.4. The molecule has 140 valence electrons. The van der Waals surface area contributed by atoms with Gasteiger partial charge in [-0.25, -0.2) is 0 Å². The Morgan fingerprint density at radius 2 is 1.96 bits per heavy atom. The molecule has 0 radical (unpaired) electrons. The van der Waals surface area contributed by atoms with E-state index in [-0.39, 0.29) is 35.0 Å². The van der Waals surface area contributed by atoms with Crippen LogP contribution in [0.3, 0.4) is 0 Å². The first-order chi connectivity index (χ1) is 11.6. The molecule has 1 aliphatic heterocycles. The van der Waals surface area contributed by atoms with Gasteiger partial charge in [0.25, 0.3) is 0 Å². The largest absolute Gasteiger partial charge is 0.392 e. The fourth-order valence-electron chi connectivity index (χ4n) is 5.91. The molecule has 6 atom stereocenters. The molecule has 0 aromatic heterocycles. The molecule has 1 saturated heterocycles. The molecule has 5 heteroatoms. The highest BCUT2D eigenvalue weighted by Gasteiger charge is 2.55. The first-order valence-corrected chi connectivity index (χ1v) is 9.45. The second-order valence-electron chi connectivity index (χ2n) is 9.31. The van der Waals surface area contributed by atoms with Crippen molar-refractivity contribution in [3.05, 3.63) is 12.2 Å². The minimum Gasteiger partial charge on any atom is -0.392 e. The van der Waals surface area contributed by atoms with Gasteiger partial charge in [-0.15, -0.1) is 0 Å². The monoisotopic (exact) mass is 349 g/mol. The quantitative estimate of drug-likeness (QED) is 0.538. The third-order valence-corrected chi connectivity index (χ3v) is 7.35. The van der Waals surface area contributed by atoms with Crippen molar-refractivity contribution in [3.63, 3.8) is 0 Å². The van der Waals surface area contributed by atoms with E-state index in [0.717, 1.165) is 31.3 Å². The first kappa shape index (κ1) is 18.6. The van der Waals surface area contributed by atoms with Crippen LogP contribution < -0.4 is 5.32 Å². The van der Waals surface area contributed by atoms with E-state index < -0.39 is 18.1 Å². The first-order valence-electron chi connectivity index (χ1n) is 9.45. The Hall–Kier alpha value is -1.20. The van der Waals surface area contributed by atoms with Crippen LogP contribution in [0.15, 0.2) is 12.2 Å². The maximum Gasteiger partial charge on any atom is 0.232 e. The summed E-state index contributed by atoms with van der Waals surface area (Å²) in [5.74, 6) is -1.08. The summed E-state index contributed by atoms with van der Waals surface area (Å²) in [5, 5.41) is 23.6. The molecule has 2 aliphatic carbocycles. The molecule has 3 rings (SSSR count). The molecule has 5 nitrogen and oxygen atoms in total. The zero-order valence-electron chi connectivity index (χ0n) is 15.5. The van der Waals surface area contributed by atoms with Crippen molar-refractivity contribution >= 4 is 11.8 Å². The second kappa shape index (κ2) is 6.20. The van der Waals surface area contributed by atoms with E-state index in [9.17, 15) is 19.8 Å². The van der Waals surface area contributed by atoms with Crippen molar-refractivity contribution in [1.29, 1.82) is 0 Å². The number of fused-ring (bicyclic) bond motifs is 1. The molecule has 0 aromatic carbocycles. The fourth-order valence-corrected chi connectivity index (χ4v) is 5.91. The SMILES string of the molecule is C=C1[C@@H](O)C[C@H]2C(C)(C)CCC[C@]2(C)[C@H]1C[C@H](O)[C@H]1CC(=O)NC1=O. The summed E-state index contributed by atoms with van der Waals surface area (Å²) in [5.41, 5.74) is 0.872. The molecule has 3 N–H and O–H groups in total. The second-order valence-corrected chi connectivity index (χ2v) is 9.31. The fraction of sp³-hybridized carbons (Fsp3) is 0.800. The predicted octanol–water partition coefficient (Wildman–Crippen LogP) is 2.17. The van der Waals surface area contributed by atoms with Crippen molar-refractivity contribution in [3.8, 4) is 0 Å². The van der Waals surface area contributed by atoms with Gasteiger partial charge in [-0.05, 0) is 53.9 Å². The summed E-state index contributed by atoms with van der Waals surface area (Å²) < 4.78 is 0. The van der Waals surface area contributed by atoms with Gasteiger partial charge in [0.2, 0.25) is 11.8 Å². The third kappa shape index (κ3) is 3.06. The van der Waals surface area contributed by atoms with Crippen molar-refractivity contribution in [2.75, 3.05) is 0 Å². The van der Waals surface area contributed by atoms with Gasteiger partial charge in [0, 0.05) is 6.42 Å². The molecule has 0 unspecified atom stereocenters. The van der Waals surface area contributed by atoms with Gasteiger partial charge < -0.3 is 10.2 Å². The number of nitrogens with one attached hydrogen (secondary N) is 1. The molecule has 25 heavy (non-hydrogen) atoms. The van der Waals surface area contributed by atoms with Gasteiger partial charge in [0.05, 0.1) is 18.1 Å². The number of carbonyl (C=O) groups is 2. The smallest absolute Gasteiger partial charge is 0.232 e. The Morgan fingerprint density at radius 3 is 2.56 bits per heavy atom. The van der Waals surface area contributed by atoms with E-state index in [1.54, 1.807) is 0 Å². The number of aliphatic hydroxyl groups is 2. The highest BCUT2D eigenvalue weighted by molar-refractivity contribution is 6.03. The zero-order valence-corrected chi connectivity index (χ0v) is 15.5. The Kier molecular flexibility index (Phi) is 4.61. The molecule has 3 fully saturated rings. The summed E-state index contributed by atoms with van der Waals surface area (Å²) in [7, 11) is 0. The van der Waals surface area contributed by atoms with Gasteiger partial charge in [0.1, 0.15) is 0 Å². The van der Waals surface area contributed by atoms with Crippen LogP contribution in [0.5, 0.6) is 0 Å². The average Bonchev–Trinajstić information content (AvgIpc) is 2.85. The molecule has 2 saturated carbocycles. The third-order valence-electron chi connectivity index (χ3n) is 7.35. The summed E-state index contributed by atoms with van der Waals surface area (Å²) >= 11 is 0. The van der Waals surface area contributed by atoms with Crippen molar-refractivity contribution < 1.29 is 19.8 Å². The van der Waals surface area contributed by atoms with Crippen LogP contribution in [0, 0.1) is 28.6 Å². The standard InChI is InChI=1S/C20H31NO4/c1-11-13(9-15(23)12-8-17(24)21-18(12)25)20(4)7-5-6-19(2,3)16(20)10-14(11)22/h12-16,22-23H,1,5-10H2,2-4H3,(H,21,24,25)/t12-,13+,14+,15+,16+,20-/m1/s1. The van der Waals surface area contributed by atoms with E-state index in [0.29, 0.717) is 12.3 Å². The van der Waals surface area contributed by atoms with Crippen LogP contribution >= 0.6 is 0 Å². The Balaban J connectivity index is 1.86. The lowest BCUT2D eigenvalue weighted by atomic mass is 9.46. The normalized spacial score (nSPS) is 42.0. The Bertz CT molecular complexity index is 599. The lowest BCUT2D eigenvalue weighted by Crippen LogP contribution is -2.53. The molecule has 1 heterocycles. The minimum atomic E-state index is -0.888. The van der Waals surface area contributed by atoms with Crippen LogP contribution in [0.4, 0.5) is 0 Å². The Morgan fingerprint density at radius 1 is 1.28 bits per heavy atom. The summed E-state index contributed by atoms with van der Waals surface area (Å²) in [6, 6.07) is 0. The van der Waals surface area contributed by atoms with Gasteiger partial charge in [-0.1, -0.05) is 33.8 Å². The van der Waals surface area contributed by atoms with Crippen LogP contribution in [0.1, 0.15) is 59.3 Å². The Labute approximate surface area is 149 Å². The average molecular weight is 349 g/mol. The van der Waals surface area contributed by atoms with E-state index >= 15 is 0 Å². The predicted molar refractivity (Wildman–Crippen MR) is 94.4 cm³/mol. The maximum absolute atomic E-state index is 11.9. The van der Waals surface area contributed by atoms with Crippen LogP contribution in [0.25, 0.3) is 0 Å². The number of rotatable bonds is 3. The van der Waals surface area contributed by atoms with Crippen LogP contribution in [0.2, 0.25) is 0 Å². The number of aliphatic hydroxyl groups excluding tert-OH is 2. The number of amides is 2. The van der Waals surface area contributed by atoms with Crippen LogP contribution in [-0.4, -0.2) is 34.2 Å². The van der Waals surface area contributed by atoms with Gasteiger partial charge in [0.15, 0.2) is 0 Å². The number of carbonyl (C=O) groups excluding carboxylic acids is 2. The highest BCUT2D eigenvalue weighted by Crippen LogP contribution is 2.61. The summed E-state index contributed by atoms with van der Waals surface area (Å²) in [6.45, 7) is 10.9. The van der Waals surface area contributed by atoms with E-state index in [1.165, 1.54) is 0 Å². The van der Waals surface area contributed by atoms with Gasteiger partial charge in [-0.3, -0.25) is 14.9 Å². The van der Waals surface area contributed by atoms with Gasteiger partial charge >= 0.3 is 0 Å². The molecule has 3 aliphatic rings. The lowest BCUT2D eigenvalue weighted by Gasteiger charge is -2.59. The topological polar surface area (TPSA) is 86.6 Å². The summed E-state index contributed by atoms with van der Waals surface area (Å²) in [6.07, 6.45) is 3.00. The molecular weight excluding hydrogens is 318 g/mol. The number of hydrogen-bond donors (Lipinski definition) is 3. The molecule has 0 bridgehead atoms.